The van der Waals surface area contributed by atoms with Crippen molar-refractivity contribution in [1.82, 2.24) is 9.88 Å². The summed E-state index contributed by atoms with van der Waals surface area (Å²) in [5.74, 6) is -0.0623. The van der Waals surface area contributed by atoms with Crippen molar-refractivity contribution in [1.29, 1.82) is 0 Å². The summed E-state index contributed by atoms with van der Waals surface area (Å²) >= 11 is 1.39. The lowest BCUT2D eigenvalue weighted by atomic mass is 10.1. The Bertz CT molecular complexity index is 449. The van der Waals surface area contributed by atoms with Crippen LogP contribution in [0.4, 0.5) is 5.13 Å². The number of hydrogen-bond donors (Lipinski definition) is 1. The Labute approximate surface area is 118 Å². The first kappa shape index (κ1) is 15.9. The summed E-state index contributed by atoms with van der Waals surface area (Å²) in [6, 6.07) is 0. The van der Waals surface area contributed by atoms with Crippen molar-refractivity contribution in [2.24, 2.45) is 0 Å². The Balaban J connectivity index is 2.98. The van der Waals surface area contributed by atoms with E-state index < -0.39 is 5.60 Å². The largest absolute Gasteiger partial charge is 0.389 e. The predicted octanol–water partition coefficient (Wildman–Crippen LogP) is 1.75. The highest BCUT2D eigenvalue weighted by Gasteiger charge is 2.25. The maximum Gasteiger partial charge on any atom is 0.266 e. The van der Waals surface area contributed by atoms with E-state index in [4.69, 9.17) is 0 Å². The Morgan fingerprint density at radius 1 is 1.42 bits per heavy atom. The molecule has 0 aromatic carbocycles. The second-order valence-electron chi connectivity index (χ2n) is 5.44. The summed E-state index contributed by atoms with van der Waals surface area (Å²) in [6.45, 7) is 8.04. The van der Waals surface area contributed by atoms with Crippen LogP contribution in [0.25, 0.3) is 0 Å². The second kappa shape index (κ2) is 5.88. The minimum atomic E-state index is -0.894. The zero-order valence-electron chi connectivity index (χ0n) is 12.5. The monoisotopic (exact) mass is 285 g/mol. The van der Waals surface area contributed by atoms with Crippen LogP contribution in [0.15, 0.2) is 0 Å². The first-order valence-electron chi connectivity index (χ1n) is 6.32. The average Bonchev–Trinajstić information content (AvgIpc) is 2.66. The third-order valence-electron chi connectivity index (χ3n) is 2.61. The Hall–Kier alpha value is -1.14. The molecule has 19 heavy (non-hydrogen) atoms. The molecule has 5 nitrogen and oxygen atoms in total. The third kappa shape index (κ3) is 4.18. The number of likely N-dealkylation sites (N-methyl/N-ethyl adjacent to an activating group) is 1. The van der Waals surface area contributed by atoms with Crippen LogP contribution >= 0.6 is 11.3 Å². The van der Waals surface area contributed by atoms with Crippen molar-refractivity contribution in [2.75, 3.05) is 32.1 Å². The fourth-order valence-corrected chi connectivity index (χ4v) is 2.67. The van der Waals surface area contributed by atoms with Gasteiger partial charge in [0.2, 0.25) is 0 Å². The number of rotatable bonds is 5. The van der Waals surface area contributed by atoms with Crippen LogP contribution in [0.3, 0.4) is 0 Å². The van der Waals surface area contributed by atoms with E-state index in [0.29, 0.717) is 18.0 Å². The number of carbonyl (C=O) groups excluding carboxylic acids is 1. The van der Waals surface area contributed by atoms with Crippen molar-refractivity contribution < 1.29 is 9.90 Å². The van der Waals surface area contributed by atoms with Crippen molar-refractivity contribution >= 4 is 22.4 Å². The lowest BCUT2D eigenvalue weighted by Crippen LogP contribution is -2.42. The van der Waals surface area contributed by atoms with Crippen LogP contribution in [-0.2, 0) is 0 Å². The molecule has 0 aliphatic carbocycles. The first-order valence-corrected chi connectivity index (χ1v) is 7.13. The van der Waals surface area contributed by atoms with Crippen molar-refractivity contribution in [3.63, 3.8) is 0 Å². The van der Waals surface area contributed by atoms with Crippen molar-refractivity contribution in [3.8, 4) is 0 Å². The van der Waals surface area contributed by atoms with Crippen LogP contribution in [0.1, 0.15) is 36.1 Å². The molecular formula is C13H23N3O2S. The first-order chi connectivity index (χ1) is 8.65. The molecule has 108 valence electrons. The SMILES string of the molecule is CCN(CC(C)(C)O)C(=O)c1sc(N(C)C)nc1C. The van der Waals surface area contributed by atoms with Gasteiger partial charge in [-0.2, -0.15) is 0 Å². The molecule has 1 rings (SSSR count). The molecule has 0 atom stereocenters. The number of carbonyl (C=O) groups is 1. The molecule has 1 amide bonds. The molecule has 0 bridgehead atoms. The molecule has 1 N–H and O–H groups in total. The highest BCUT2D eigenvalue weighted by Crippen LogP contribution is 2.26. The molecule has 1 aromatic heterocycles. The van der Waals surface area contributed by atoms with Gasteiger partial charge in [0, 0.05) is 27.2 Å². The number of aryl methyl sites for hydroxylation is 1. The van der Waals surface area contributed by atoms with E-state index in [2.05, 4.69) is 4.98 Å². The van der Waals surface area contributed by atoms with Gasteiger partial charge in [0.15, 0.2) is 5.13 Å². The van der Waals surface area contributed by atoms with Gasteiger partial charge < -0.3 is 14.9 Å². The van der Waals surface area contributed by atoms with Crippen LogP contribution in [0.2, 0.25) is 0 Å². The molecule has 0 saturated heterocycles. The summed E-state index contributed by atoms with van der Waals surface area (Å²) in [4.78, 5) is 21.0. The van der Waals surface area contributed by atoms with Crippen molar-refractivity contribution in [2.45, 2.75) is 33.3 Å². The molecular weight excluding hydrogens is 262 g/mol. The summed E-state index contributed by atoms with van der Waals surface area (Å²) in [6.07, 6.45) is 0. The quantitative estimate of drug-likeness (QED) is 0.895. The number of hydrogen-bond acceptors (Lipinski definition) is 5. The molecule has 0 saturated carbocycles. The number of anilines is 1. The Morgan fingerprint density at radius 2 is 2.00 bits per heavy atom. The fraction of sp³-hybridized carbons (Fsp3) is 0.692. The lowest BCUT2D eigenvalue weighted by molar-refractivity contribution is 0.0316. The van der Waals surface area contributed by atoms with Gasteiger partial charge in [-0.05, 0) is 27.7 Å². The number of nitrogens with zero attached hydrogens (tertiary/aromatic N) is 3. The van der Waals surface area contributed by atoms with Gasteiger partial charge in [-0.3, -0.25) is 4.79 Å². The topological polar surface area (TPSA) is 56.7 Å². The maximum atomic E-state index is 12.5. The molecule has 1 aromatic rings. The van der Waals surface area contributed by atoms with Gasteiger partial charge >= 0.3 is 0 Å². The highest BCUT2D eigenvalue weighted by atomic mass is 32.1. The second-order valence-corrected chi connectivity index (χ2v) is 6.41. The smallest absolute Gasteiger partial charge is 0.266 e. The van der Waals surface area contributed by atoms with E-state index in [-0.39, 0.29) is 5.91 Å². The van der Waals surface area contributed by atoms with Gasteiger partial charge in [-0.15, -0.1) is 0 Å². The lowest BCUT2D eigenvalue weighted by Gasteiger charge is -2.27. The standard InChI is InChI=1S/C13H23N3O2S/c1-7-16(8-13(3,4)18)11(17)10-9(2)14-12(19-10)15(5)6/h18H,7-8H2,1-6H3. The number of thiazole rings is 1. The minimum absolute atomic E-state index is 0.0623. The molecule has 6 heteroatoms. The number of amides is 1. The van der Waals surface area contributed by atoms with E-state index >= 15 is 0 Å². The normalized spacial score (nSPS) is 11.5. The third-order valence-corrected chi connectivity index (χ3v) is 3.92. The molecule has 0 radical (unpaired) electrons. The average molecular weight is 285 g/mol. The Kier molecular flexibility index (Phi) is 4.92. The molecule has 0 aliphatic heterocycles. The molecule has 0 spiro atoms. The number of aliphatic hydroxyl groups is 1. The minimum Gasteiger partial charge on any atom is -0.389 e. The van der Waals surface area contributed by atoms with Gasteiger partial charge in [-0.1, -0.05) is 11.3 Å². The van der Waals surface area contributed by atoms with E-state index in [1.807, 2.05) is 32.8 Å². The molecule has 0 fully saturated rings. The fourth-order valence-electron chi connectivity index (χ4n) is 1.71. The molecule has 1 heterocycles. The van der Waals surface area contributed by atoms with Gasteiger partial charge in [0.05, 0.1) is 11.3 Å². The molecule has 0 aliphatic rings. The molecule has 0 unspecified atom stereocenters. The van der Waals surface area contributed by atoms with Gasteiger partial charge in [0.1, 0.15) is 4.88 Å². The zero-order valence-corrected chi connectivity index (χ0v) is 13.3. The van der Waals surface area contributed by atoms with Crippen LogP contribution in [0.5, 0.6) is 0 Å². The van der Waals surface area contributed by atoms with Crippen molar-refractivity contribution in [3.05, 3.63) is 10.6 Å². The summed E-state index contributed by atoms with van der Waals surface area (Å²) in [7, 11) is 3.81. The predicted molar refractivity (Wildman–Crippen MR) is 79.1 cm³/mol. The van der Waals surface area contributed by atoms with Crippen LogP contribution in [0, 0.1) is 6.92 Å². The van der Waals surface area contributed by atoms with E-state index in [1.165, 1.54) is 11.3 Å². The van der Waals surface area contributed by atoms with Crippen LogP contribution < -0.4 is 4.90 Å². The summed E-state index contributed by atoms with van der Waals surface area (Å²) in [5, 5.41) is 10.7. The van der Waals surface area contributed by atoms with Crippen LogP contribution in [-0.4, -0.2) is 53.7 Å². The van der Waals surface area contributed by atoms with E-state index in [1.54, 1.807) is 18.7 Å². The Morgan fingerprint density at radius 3 is 2.37 bits per heavy atom. The highest BCUT2D eigenvalue weighted by molar-refractivity contribution is 7.17. The summed E-state index contributed by atoms with van der Waals surface area (Å²) in [5.41, 5.74) is -0.151. The van der Waals surface area contributed by atoms with E-state index in [0.717, 1.165) is 10.8 Å². The van der Waals surface area contributed by atoms with Gasteiger partial charge in [-0.25, -0.2) is 4.98 Å². The zero-order chi connectivity index (χ0) is 14.8. The van der Waals surface area contributed by atoms with E-state index in [9.17, 15) is 9.90 Å². The summed E-state index contributed by atoms with van der Waals surface area (Å²) < 4.78 is 0. The number of aromatic nitrogens is 1. The maximum absolute atomic E-state index is 12.5. The van der Waals surface area contributed by atoms with Gasteiger partial charge in [0.25, 0.3) is 5.91 Å².